The molecule has 0 aliphatic rings. The predicted molar refractivity (Wildman–Crippen MR) is 146 cm³/mol. The highest BCUT2D eigenvalue weighted by molar-refractivity contribution is 6.31. The van der Waals surface area contributed by atoms with E-state index in [1.54, 1.807) is 0 Å². The maximum Gasteiger partial charge on any atom is 0.220 e. The van der Waals surface area contributed by atoms with Crippen molar-refractivity contribution in [3.8, 4) is 11.3 Å². The highest BCUT2D eigenvalue weighted by atomic mass is 35.5. The molecule has 0 aliphatic carbocycles. The zero-order chi connectivity index (χ0) is 24.6. The first-order valence-electron chi connectivity index (χ1n) is 12.3. The Hall–Kier alpha value is -3.31. The maximum atomic E-state index is 12.4. The molecule has 0 fully saturated rings. The van der Waals surface area contributed by atoms with Crippen molar-refractivity contribution in [3.05, 3.63) is 83.4 Å². The van der Waals surface area contributed by atoms with E-state index in [1.165, 1.54) is 11.3 Å². The normalized spacial score (nSPS) is 11.1. The second-order valence-corrected chi connectivity index (χ2v) is 9.26. The van der Waals surface area contributed by atoms with Gasteiger partial charge in [0, 0.05) is 54.3 Å². The van der Waals surface area contributed by atoms with Gasteiger partial charge in [0.05, 0.1) is 5.52 Å². The zero-order valence-corrected chi connectivity index (χ0v) is 21.3. The van der Waals surface area contributed by atoms with Gasteiger partial charge in [-0.05, 0) is 62.6 Å². The lowest BCUT2D eigenvalue weighted by Crippen LogP contribution is -2.30. The van der Waals surface area contributed by atoms with Crippen molar-refractivity contribution in [3.63, 3.8) is 0 Å². The summed E-state index contributed by atoms with van der Waals surface area (Å²) in [6, 6.07) is 24.5. The average Bonchev–Trinajstić information content (AvgIpc) is 3.22. The van der Waals surface area contributed by atoms with Crippen molar-refractivity contribution < 1.29 is 4.79 Å². The van der Waals surface area contributed by atoms with Crippen LogP contribution in [0.2, 0.25) is 5.02 Å². The molecule has 4 aromatic rings. The van der Waals surface area contributed by atoms with Crippen LogP contribution in [-0.4, -0.2) is 35.3 Å². The van der Waals surface area contributed by atoms with Gasteiger partial charge in [-0.25, -0.2) is 0 Å². The van der Waals surface area contributed by atoms with E-state index < -0.39 is 0 Å². The van der Waals surface area contributed by atoms with Crippen LogP contribution in [0.25, 0.3) is 22.2 Å². The Morgan fingerprint density at radius 1 is 1.03 bits per heavy atom. The van der Waals surface area contributed by atoms with E-state index in [0.717, 1.165) is 48.1 Å². The number of nitrogens with one attached hydrogen (secondary N) is 1. The number of fused-ring (bicyclic) bond motifs is 1. The van der Waals surface area contributed by atoms with Gasteiger partial charge in [-0.3, -0.25) is 9.48 Å². The highest BCUT2D eigenvalue weighted by Gasteiger charge is 2.13. The van der Waals surface area contributed by atoms with E-state index in [0.29, 0.717) is 24.5 Å². The van der Waals surface area contributed by atoms with Gasteiger partial charge < -0.3 is 10.2 Å². The third-order valence-corrected chi connectivity index (χ3v) is 6.44. The van der Waals surface area contributed by atoms with Crippen LogP contribution >= 0.6 is 11.6 Å². The molecule has 0 saturated heterocycles. The van der Waals surface area contributed by atoms with Crippen molar-refractivity contribution in [1.82, 2.24) is 15.1 Å². The number of aryl methyl sites for hydroxylation is 2. The predicted octanol–water partition coefficient (Wildman–Crippen LogP) is 6.48. The second kappa shape index (κ2) is 11.9. The molecule has 182 valence electrons. The van der Waals surface area contributed by atoms with Crippen molar-refractivity contribution >= 4 is 34.1 Å². The molecule has 1 aromatic heterocycles. The fourth-order valence-corrected chi connectivity index (χ4v) is 4.57. The lowest BCUT2D eigenvalue weighted by atomic mass is 10.1. The standard InChI is InChI=1S/C29H33ClN4O/c1-3-33(25-13-7-10-22(2)20-25)18-9-17-31-28(35)14-8-19-34-27-16-15-24(30)21-26(27)29(32-34)23-11-5-4-6-12-23/h4-7,10-13,15-16,20-21H,3,8-9,14,17-19H2,1-2H3,(H,31,35). The minimum absolute atomic E-state index is 0.0893. The molecule has 1 heterocycles. The van der Waals surface area contributed by atoms with E-state index in [-0.39, 0.29) is 5.91 Å². The number of carbonyl (C=O) groups is 1. The maximum absolute atomic E-state index is 12.4. The Labute approximate surface area is 212 Å². The third kappa shape index (κ3) is 6.43. The molecule has 1 amide bonds. The van der Waals surface area contributed by atoms with E-state index >= 15 is 0 Å². The van der Waals surface area contributed by atoms with E-state index in [1.807, 2.05) is 41.1 Å². The molecule has 0 saturated carbocycles. The summed E-state index contributed by atoms with van der Waals surface area (Å²) >= 11 is 6.27. The Kier molecular flexibility index (Phi) is 8.43. The van der Waals surface area contributed by atoms with E-state index in [2.05, 4.69) is 60.5 Å². The molecular weight excluding hydrogens is 456 g/mol. The minimum Gasteiger partial charge on any atom is -0.372 e. The van der Waals surface area contributed by atoms with Crippen LogP contribution in [0.1, 0.15) is 31.7 Å². The average molecular weight is 489 g/mol. The summed E-state index contributed by atoms with van der Waals surface area (Å²) in [4.78, 5) is 14.8. The molecule has 0 unspecified atom stereocenters. The van der Waals surface area contributed by atoms with Gasteiger partial charge in [0.25, 0.3) is 0 Å². The number of anilines is 1. The van der Waals surface area contributed by atoms with Gasteiger partial charge in [-0.2, -0.15) is 5.10 Å². The quantitative estimate of drug-likeness (QED) is 0.246. The fraction of sp³-hybridized carbons (Fsp3) is 0.310. The molecule has 5 nitrogen and oxygen atoms in total. The second-order valence-electron chi connectivity index (χ2n) is 8.82. The molecule has 0 spiro atoms. The molecule has 0 aliphatic heterocycles. The van der Waals surface area contributed by atoms with Crippen LogP contribution in [0.15, 0.2) is 72.8 Å². The van der Waals surface area contributed by atoms with Crippen molar-refractivity contribution in [2.75, 3.05) is 24.5 Å². The van der Waals surface area contributed by atoms with Crippen molar-refractivity contribution in [2.24, 2.45) is 0 Å². The Bertz CT molecular complexity index is 1270. The van der Waals surface area contributed by atoms with Crippen molar-refractivity contribution in [1.29, 1.82) is 0 Å². The van der Waals surface area contributed by atoms with Crippen LogP contribution in [0.3, 0.4) is 0 Å². The number of hydrogen-bond acceptors (Lipinski definition) is 3. The first-order valence-corrected chi connectivity index (χ1v) is 12.7. The number of halogens is 1. The van der Waals surface area contributed by atoms with Gasteiger partial charge >= 0.3 is 0 Å². The topological polar surface area (TPSA) is 50.2 Å². The van der Waals surface area contributed by atoms with Crippen LogP contribution in [0, 0.1) is 6.92 Å². The minimum atomic E-state index is 0.0893. The van der Waals surface area contributed by atoms with Gasteiger partial charge in [0.1, 0.15) is 5.69 Å². The SMILES string of the molecule is CCN(CCCNC(=O)CCCn1nc(-c2ccccc2)c2cc(Cl)ccc21)c1cccc(C)c1. The lowest BCUT2D eigenvalue weighted by molar-refractivity contribution is -0.121. The summed E-state index contributed by atoms with van der Waals surface area (Å²) in [6.45, 7) is 7.51. The molecule has 6 heteroatoms. The number of hydrogen-bond donors (Lipinski definition) is 1. The van der Waals surface area contributed by atoms with Gasteiger partial charge in [-0.15, -0.1) is 0 Å². The first-order chi connectivity index (χ1) is 17.0. The van der Waals surface area contributed by atoms with Crippen molar-refractivity contribution in [2.45, 2.75) is 39.7 Å². The number of rotatable bonds is 11. The molecule has 0 atom stereocenters. The summed E-state index contributed by atoms with van der Waals surface area (Å²) < 4.78 is 1.99. The summed E-state index contributed by atoms with van der Waals surface area (Å²) in [6.07, 6.45) is 2.12. The molecule has 0 radical (unpaired) electrons. The summed E-state index contributed by atoms with van der Waals surface area (Å²) in [7, 11) is 0. The number of nitrogens with zero attached hydrogens (tertiary/aromatic N) is 3. The number of amides is 1. The summed E-state index contributed by atoms with van der Waals surface area (Å²) in [5.74, 6) is 0.0893. The third-order valence-electron chi connectivity index (χ3n) is 6.21. The molecule has 4 rings (SSSR count). The molecule has 35 heavy (non-hydrogen) atoms. The molecule has 1 N–H and O–H groups in total. The van der Waals surface area contributed by atoms with E-state index in [9.17, 15) is 4.79 Å². The number of benzene rings is 3. The van der Waals surface area contributed by atoms with Crippen LogP contribution in [0.5, 0.6) is 0 Å². The van der Waals surface area contributed by atoms with Gasteiger partial charge in [0.15, 0.2) is 0 Å². The zero-order valence-electron chi connectivity index (χ0n) is 20.5. The molecular formula is C29H33ClN4O. The molecule has 3 aromatic carbocycles. The highest BCUT2D eigenvalue weighted by Crippen LogP contribution is 2.30. The molecule has 0 bridgehead atoms. The summed E-state index contributed by atoms with van der Waals surface area (Å²) in [5, 5.41) is 9.65. The van der Waals surface area contributed by atoms with Crippen LogP contribution in [0.4, 0.5) is 5.69 Å². The van der Waals surface area contributed by atoms with Gasteiger partial charge in [-0.1, -0.05) is 54.1 Å². The lowest BCUT2D eigenvalue weighted by Gasteiger charge is -2.23. The van der Waals surface area contributed by atoms with Crippen LogP contribution in [-0.2, 0) is 11.3 Å². The number of aromatic nitrogens is 2. The fourth-order valence-electron chi connectivity index (χ4n) is 4.40. The monoisotopic (exact) mass is 488 g/mol. The van der Waals surface area contributed by atoms with Crippen LogP contribution < -0.4 is 10.2 Å². The Morgan fingerprint density at radius 2 is 1.86 bits per heavy atom. The first kappa shape index (κ1) is 24.8. The number of carbonyl (C=O) groups excluding carboxylic acids is 1. The Morgan fingerprint density at radius 3 is 2.63 bits per heavy atom. The smallest absolute Gasteiger partial charge is 0.220 e. The van der Waals surface area contributed by atoms with Gasteiger partial charge in [0.2, 0.25) is 5.91 Å². The largest absolute Gasteiger partial charge is 0.372 e. The Balaban J connectivity index is 1.28. The summed E-state index contributed by atoms with van der Waals surface area (Å²) in [5.41, 5.74) is 5.51. The van der Waals surface area contributed by atoms with E-state index in [4.69, 9.17) is 16.7 Å².